The average Bonchev–Trinajstić information content (AvgIpc) is 2.53. The minimum Gasteiger partial charge on any atom is -0.360 e. The van der Waals surface area contributed by atoms with Crippen LogP contribution in [0.1, 0.15) is 12.5 Å². The molecule has 0 radical (unpaired) electrons. The Balaban J connectivity index is 2.46. The first-order chi connectivity index (χ1) is 10.9. The summed E-state index contributed by atoms with van der Waals surface area (Å²) < 4.78 is 0. The van der Waals surface area contributed by atoms with E-state index in [1.54, 1.807) is 20.0 Å². The second-order valence-corrected chi connectivity index (χ2v) is 6.18. The summed E-state index contributed by atoms with van der Waals surface area (Å²) in [7, 11) is 1.62. The second-order valence-electron chi connectivity index (χ2n) is 5.31. The number of hydrogen-bond donors (Lipinski definition) is 3. The fourth-order valence-corrected chi connectivity index (χ4v) is 2.76. The number of guanidine groups is 1. The van der Waals surface area contributed by atoms with E-state index < -0.39 is 5.54 Å². The van der Waals surface area contributed by atoms with Gasteiger partial charge in [0.05, 0.1) is 0 Å². The lowest BCUT2D eigenvalue weighted by molar-refractivity contribution is -0.112. The first-order valence-corrected chi connectivity index (χ1v) is 7.71. The van der Waals surface area contributed by atoms with Crippen LogP contribution in [-0.2, 0) is 10.3 Å². The van der Waals surface area contributed by atoms with Gasteiger partial charge >= 0.3 is 0 Å². The van der Waals surface area contributed by atoms with Crippen molar-refractivity contribution in [1.29, 1.82) is 5.41 Å². The van der Waals surface area contributed by atoms with Gasteiger partial charge in [0.1, 0.15) is 11.8 Å². The third-order valence-corrected chi connectivity index (χ3v) is 3.96. The lowest BCUT2D eigenvalue weighted by Gasteiger charge is -2.27. The van der Waals surface area contributed by atoms with E-state index in [0.717, 1.165) is 23.0 Å². The topological polar surface area (TPSA) is 65.0 Å². The molecule has 0 heterocycles. The highest BCUT2D eigenvalue weighted by atomic mass is 35.5. The van der Waals surface area contributed by atoms with Crippen LogP contribution in [-0.4, -0.2) is 19.3 Å². The molecule has 3 N–H and O–H groups in total. The van der Waals surface area contributed by atoms with Crippen molar-refractivity contribution in [2.45, 2.75) is 12.5 Å². The molecule has 2 aromatic carbocycles. The average molecular weight is 350 g/mol. The van der Waals surface area contributed by atoms with E-state index in [9.17, 15) is 4.79 Å². The van der Waals surface area contributed by atoms with Crippen LogP contribution >= 0.6 is 23.2 Å². The predicted octanol–water partition coefficient (Wildman–Crippen LogP) is 3.82. The predicted molar refractivity (Wildman–Crippen MR) is 95.2 cm³/mol. The molecular formula is C17H17Cl2N3O. The summed E-state index contributed by atoms with van der Waals surface area (Å²) in [6.45, 7) is 1.72. The Bertz CT molecular complexity index is 728. The molecule has 0 aromatic heterocycles. The van der Waals surface area contributed by atoms with E-state index in [2.05, 4.69) is 10.6 Å². The summed E-state index contributed by atoms with van der Waals surface area (Å²) in [5, 5.41) is 14.3. The molecule has 0 aliphatic heterocycles. The Labute approximate surface area is 145 Å². The maximum atomic E-state index is 11.6. The molecule has 2 aromatic rings. The van der Waals surface area contributed by atoms with Gasteiger partial charge in [-0.3, -0.25) is 5.41 Å². The molecule has 0 aliphatic rings. The molecular weight excluding hydrogens is 333 g/mol. The molecule has 120 valence electrons. The van der Waals surface area contributed by atoms with Crippen molar-refractivity contribution in [2.24, 2.45) is 0 Å². The monoisotopic (exact) mass is 349 g/mol. The van der Waals surface area contributed by atoms with E-state index in [4.69, 9.17) is 28.6 Å². The lowest BCUT2D eigenvalue weighted by Crippen LogP contribution is -2.48. The van der Waals surface area contributed by atoms with Gasteiger partial charge in [0.2, 0.25) is 0 Å². The molecule has 0 saturated heterocycles. The molecule has 0 aliphatic carbocycles. The zero-order valence-electron chi connectivity index (χ0n) is 12.8. The van der Waals surface area contributed by atoms with Crippen LogP contribution in [0.15, 0.2) is 42.5 Å². The quantitative estimate of drug-likeness (QED) is 0.446. The largest absolute Gasteiger partial charge is 0.360 e. The third-order valence-electron chi connectivity index (χ3n) is 3.53. The van der Waals surface area contributed by atoms with Crippen molar-refractivity contribution in [2.75, 3.05) is 7.05 Å². The Morgan fingerprint density at radius 3 is 2.35 bits per heavy atom. The first-order valence-electron chi connectivity index (χ1n) is 6.96. The first kappa shape index (κ1) is 17.3. The highest BCUT2D eigenvalue weighted by Gasteiger charge is 2.27. The molecule has 23 heavy (non-hydrogen) atoms. The van der Waals surface area contributed by atoms with Crippen LogP contribution in [0.25, 0.3) is 11.1 Å². The van der Waals surface area contributed by atoms with Crippen LogP contribution < -0.4 is 10.6 Å². The zero-order chi connectivity index (χ0) is 17.0. The number of carbonyl (C=O) groups excluding carboxylic acids is 1. The van der Waals surface area contributed by atoms with Gasteiger partial charge < -0.3 is 15.4 Å². The van der Waals surface area contributed by atoms with Crippen LogP contribution in [0.4, 0.5) is 0 Å². The molecule has 2 rings (SSSR count). The van der Waals surface area contributed by atoms with E-state index in [1.807, 2.05) is 36.4 Å². The fourth-order valence-electron chi connectivity index (χ4n) is 2.23. The molecule has 1 unspecified atom stereocenters. The highest BCUT2D eigenvalue weighted by Crippen LogP contribution is 2.29. The van der Waals surface area contributed by atoms with Crippen molar-refractivity contribution in [1.82, 2.24) is 10.6 Å². The second kappa shape index (κ2) is 7.02. The lowest BCUT2D eigenvalue weighted by atomic mass is 9.91. The van der Waals surface area contributed by atoms with E-state index in [0.29, 0.717) is 10.0 Å². The van der Waals surface area contributed by atoms with Gasteiger partial charge in [-0.05, 0) is 47.9 Å². The molecule has 0 amide bonds. The van der Waals surface area contributed by atoms with Crippen molar-refractivity contribution < 1.29 is 4.79 Å². The van der Waals surface area contributed by atoms with E-state index in [-0.39, 0.29) is 5.96 Å². The Morgan fingerprint density at radius 1 is 1.13 bits per heavy atom. The minimum absolute atomic E-state index is 0.0656. The summed E-state index contributed by atoms with van der Waals surface area (Å²) in [4.78, 5) is 11.6. The van der Waals surface area contributed by atoms with Crippen molar-refractivity contribution in [3.8, 4) is 11.1 Å². The summed E-state index contributed by atoms with van der Waals surface area (Å²) in [6.07, 6.45) is 0.781. The van der Waals surface area contributed by atoms with Crippen LogP contribution in [0.2, 0.25) is 10.0 Å². The Kier molecular flexibility index (Phi) is 5.29. The standard InChI is InChI=1S/C17H17Cl2N3O/c1-17(10-23,22-16(20)21-2)13-5-3-4-11(6-13)12-7-14(18)9-15(19)8-12/h3-10H,1-2H3,(H3,20,21,22). The summed E-state index contributed by atoms with van der Waals surface area (Å²) in [6, 6.07) is 12.8. The molecule has 1 atom stereocenters. The van der Waals surface area contributed by atoms with Gasteiger partial charge in [-0.1, -0.05) is 41.4 Å². The Hall–Kier alpha value is -2.04. The third kappa shape index (κ3) is 4.03. The zero-order valence-corrected chi connectivity index (χ0v) is 14.3. The van der Waals surface area contributed by atoms with Crippen molar-refractivity contribution in [3.63, 3.8) is 0 Å². The van der Waals surface area contributed by atoms with Crippen molar-refractivity contribution in [3.05, 3.63) is 58.1 Å². The summed E-state index contributed by atoms with van der Waals surface area (Å²) >= 11 is 12.1. The maximum absolute atomic E-state index is 11.6. The molecule has 6 heteroatoms. The van der Waals surface area contributed by atoms with Gasteiger partial charge in [-0.15, -0.1) is 0 Å². The number of aldehydes is 1. The summed E-state index contributed by atoms with van der Waals surface area (Å²) in [5.41, 5.74) is 1.47. The smallest absolute Gasteiger partial charge is 0.189 e. The Morgan fingerprint density at radius 2 is 1.78 bits per heavy atom. The molecule has 0 bridgehead atoms. The van der Waals surface area contributed by atoms with Gasteiger partial charge in [-0.2, -0.15) is 0 Å². The van der Waals surface area contributed by atoms with Crippen LogP contribution in [0.5, 0.6) is 0 Å². The van der Waals surface area contributed by atoms with E-state index in [1.165, 1.54) is 0 Å². The normalized spacial score (nSPS) is 13.0. The molecule has 4 nitrogen and oxygen atoms in total. The SMILES string of the molecule is CNC(=N)NC(C)(C=O)c1cccc(-c2cc(Cl)cc(Cl)c2)c1. The van der Waals surface area contributed by atoms with Crippen LogP contribution in [0.3, 0.4) is 0 Å². The minimum atomic E-state index is -1.02. The molecule has 0 fully saturated rings. The van der Waals surface area contributed by atoms with Gasteiger partial charge in [0.15, 0.2) is 5.96 Å². The fraction of sp³-hybridized carbons (Fsp3) is 0.176. The van der Waals surface area contributed by atoms with Gasteiger partial charge in [0.25, 0.3) is 0 Å². The number of carbonyl (C=O) groups is 1. The number of benzene rings is 2. The van der Waals surface area contributed by atoms with E-state index >= 15 is 0 Å². The molecule has 0 spiro atoms. The highest BCUT2D eigenvalue weighted by molar-refractivity contribution is 6.35. The number of halogens is 2. The van der Waals surface area contributed by atoms with Gasteiger partial charge in [-0.25, -0.2) is 0 Å². The molecule has 0 saturated carbocycles. The van der Waals surface area contributed by atoms with Gasteiger partial charge in [0, 0.05) is 17.1 Å². The summed E-state index contributed by atoms with van der Waals surface area (Å²) in [5.74, 6) is 0.0656. The van der Waals surface area contributed by atoms with Crippen LogP contribution in [0, 0.1) is 5.41 Å². The van der Waals surface area contributed by atoms with Crippen molar-refractivity contribution >= 4 is 35.4 Å². The number of nitrogens with one attached hydrogen (secondary N) is 3. The maximum Gasteiger partial charge on any atom is 0.189 e. The number of rotatable bonds is 4. The number of hydrogen-bond acceptors (Lipinski definition) is 2.